The molecular formula is C10H32BN3O8. The van der Waals surface area contributed by atoms with Gasteiger partial charge in [0.2, 0.25) is 0 Å². The van der Waals surface area contributed by atoms with Gasteiger partial charge < -0.3 is 57.0 Å². The van der Waals surface area contributed by atoms with E-state index in [1.54, 1.807) is 0 Å². The Morgan fingerprint density at radius 1 is 0.591 bits per heavy atom. The maximum Gasteiger partial charge on any atom is 0.631 e. The average molecular weight is 333 g/mol. The normalized spacial score (nSPS) is 8.59. The molecule has 0 atom stereocenters. The molecule has 138 valence electrons. The number of rotatable bonds is 9. The minimum atomic E-state index is -2.17. The quantitative estimate of drug-likeness (QED) is 0.141. The average Bonchev–Trinajstić information content (AvgIpc) is 2.49. The van der Waals surface area contributed by atoms with E-state index in [0.717, 1.165) is 0 Å². The van der Waals surface area contributed by atoms with Crippen molar-refractivity contribution in [3.63, 3.8) is 0 Å². The summed E-state index contributed by atoms with van der Waals surface area (Å²) in [6.07, 6.45) is 0. The molecule has 0 saturated carbocycles. The van der Waals surface area contributed by atoms with E-state index >= 15 is 0 Å². The van der Waals surface area contributed by atoms with Crippen molar-refractivity contribution in [2.45, 2.75) is 0 Å². The topological polar surface area (TPSA) is 212 Å². The van der Waals surface area contributed by atoms with Crippen LogP contribution in [0.25, 0.3) is 0 Å². The third-order valence-corrected chi connectivity index (χ3v) is 1.28. The highest BCUT2D eigenvalue weighted by Gasteiger charge is 1.92. The van der Waals surface area contributed by atoms with Gasteiger partial charge in [-0.15, -0.1) is 0 Å². The molecule has 0 fully saturated rings. The van der Waals surface area contributed by atoms with Crippen LogP contribution in [0.3, 0.4) is 0 Å². The number of nitrogens with one attached hydrogen (secondary N) is 2. The molecule has 0 aliphatic heterocycles. The first-order chi connectivity index (χ1) is 10.5. The van der Waals surface area contributed by atoms with Crippen LogP contribution in [-0.4, -0.2) is 114 Å². The summed E-state index contributed by atoms with van der Waals surface area (Å²) in [6.45, 7) is 3.31. The predicted octanol–water partition coefficient (Wildman–Crippen LogP) is -5.99. The van der Waals surface area contributed by atoms with Crippen LogP contribution in [0.4, 0.5) is 0 Å². The number of aliphatic hydroxyl groups is 5. The third-order valence-electron chi connectivity index (χ3n) is 1.28. The Morgan fingerprint density at radius 3 is 0.864 bits per heavy atom. The maximum absolute atomic E-state index is 8.15. The number of hydrogen-bond donors (Lipinski definition) is 11. The smallest absolute Gasteiger partial charge is 0.402 e. The molecule has 0 aromatic heterocycles. The van der Waals surface area contributed by atoms with Gasteiger partial charge in [0.05, 0.1) is 33.0 Å². The fourth-order valence-electron chi connectivity index (χ4n) is 0.566. The third kappa shape index (κ3) is 91.5. The molecular weight excluding hydrogens is 301 g/mol. The van der Waals surface area contributed by atoms with Gasteiger partial charge in [0, 0.05) is 32.7 Å². The van der Waals surface area contributed by atoms with E-state index in [0.29, 0.717) is 32.7 Å². The summed E-state index contributed by atoms with van der Waals surface area (Å²) in [4.78, 5) is 0. The molecule has 22 heavy (non-hydrogen) atoms. The monoisotopic (exact) mass is 333 g/mol. The van der Waals surface area contributed by atoms with E-state index in [1.807, 2.05) is 0 Å². The second kappa shape index (κ2) is 37.1. The summed E-state index contributed by atoms with van der Waals surface area (Å²) in [6, 6.07) is 0. The van der Waals surface area contributed by atoms with Crippen LogP contribution in [0.1, 0.15) is 0 Å². The van der Waals surface area contributed by atoms with Crippen molar-refractivity contribution in [1.82, 2.24) is 10.6 Å². The summed E-state index contributed by atoms with van der Waals surface area (Å²) in [5.74, 6) is 0. The van der Waals surface area contributed by atoms with Crippen molar-refractivity contribution in [3.8, 4) is 0 Å². The van der Waals surface area contributed by atoms with Crippen molar-refractivity contribution >= 4 is 7.32 Å². The van der Waals surface area contributed by atoms with Gasteiger partial charge in [0.25, 0.3) is 0 Å². The van der Waals surface area contributed by atoms with Gasteiger partial charge in [-0.25, -0.2) is 0 Å². The van der Waals surface area contributed by atoms with Crippen LogP contribution in [0.15, 0.2) is 0 Å². The van der Waals surface area contributed by atoms with Crippen LogP contribution >= 0.6 is 0 Å². The molecule has 0 aromatic carbocycles. The molecule has 0 heterocycles. The van der Waals surface area contributed by atoms with Crippen molar-refractivity contribution in [1.29, 1.82) is 0 Å². The van der Waals surface area contributed by atoms with E-state index in [-0.39, 0.29) is 33.0 Å². The van der Waals surface area contributed by atoms with Gasteiger partial charge >= 0.3 is 7.32 Å². The molecule has 11 nitrogen and oxygen atoms in total. The fourth-order valence-corrected chi connectivity index (χ4v) is 0.566. The second-order valence-electron chi connectivity index (χ2n) is 3.25. The van der Waals surface area contributed by atoms with Gasteiger partial charge in [-0.3, -0.25) is 0 Å². The molecule has 0 spiro atoms. The first-order valence-corrected chi connectivity index (χ1v) is 6.68. The maximum atomic E-state index is 8.15. The minimum absolute atomic E-state index is 0.0972. The van der Waals surface area contributed by atoms with Gasteiger partial charge in [0.1, 0.15) is 0 Å². The van der Waals surface area contributed by atoms with E-state index in [4.69, 9.17) is 46.3 Å². The Hall–Kier alpha value is -0.375. The second-order valence-corrected chi connectivity index (χ2v) is 3.25. The Kier molecular flexibility index (Phi) is 50.0. The van der Waals surface area contributed by atoms with Crippen molar-refractivity contribution in [3.05, 3.63) is 0 Å². The molecule has 0 bridgehead atoms. The standard InChI is InChI=1S/2C4H11NO2.C2H7NO.BH3O3/c2*6-3-1-5-2-4-7;3-1-2-4;2-1(3)4/h2*5-7H,1-4H2;4H,1-3H2;2-4H. The van der Waals surface area contributed by atoms with Crippen LogP contribution < -0.4 is 16.4 Å². The highest BCUT2D eigenvalue weighted by Crippen LogP contribution is 1.54. The first-order valence-electron chi connectivity index (χ1n) is 6.68. The van der Waals surface area contributed by atoms with Crippen LogP contribution in [-0.2, 0) is 0 Å². The molecule has 0 amide bonds. The van der Waals surface area contributed by atoms with E-state index in [2.05, 4.69) is 10.6 Å². The summed E-state index contributed by atoms with van der Waals surface area (Å²) >= 11 is 0. The predicted molar refractivity (Wildman–Crippen MR) is 82.6 cm³/mol. The lowest BCUT2D eigenvalue weighted by Crippen LogP contribution is -2.21. The van der Waals surface area contributed by atoms with Crippen molar-refractivity contribution in [2.24, 2.45) is 5.73 Å². The van der Waals surface area contributed by atoms with E-state index < -0.39 is 7.32 Å². The number of aliphatic hydroxyl groups excluding tert-OH is 5. The SMILES string of the molecule is NCCO.OB(O)O.OCCNCCO.OCCNCCO. The molecule has 12 N–H and O–H groups in total. The number of nitrogens with two attached hydrogens (primary N) is 1. The van der Waals surface area contributed by atoms with E-state index in [1.165, 1.54) is 0 Å². The molecule has 0 aliphatic carbocycles. The highest BCUT2D eigenvalue weighted by molar-refractivity contribution is 6.30. The lowest BCUT2D eigenvalue weighted by atomic mass is 10.3. The van der Waals surface area contributed by atoms with Crippen LogP contribution in [0.5, 0.6) is 0 Å². The summed E-state index contributed by atoms with van der Waals surface area (Å²) in [5.41, 5.74) is 4.78. The molecule has 0 radical (unpaired) electrons. The van der Waals surface area contributed by atoms with Crippen LogP contribution in [0, 0.1) is 0 Å². The zero-order chi connectivity index (χ0) is 18.1. The van der Waals surface area contributed by atoms with Gasteiger partial charge in [-0.1, -0.05) is 0 Å². The summed E-state index contributed by atoms with van der Waals surface area (Å²) in [7, 11) is -2.17. The molecule has 0 saturated heterocycles. The Morgan fingerprint density at radius 2 is 0.773 bits per heavy atom. The molecule has 0 aromatic rings. The first kappa shape index (κ1) is 29.6. The van der Waals surface area contributed by atoms with Crippen molar-refractivity contribution < 1.29 is 40.6 Å². The zero-order valence-electron chi connectivity index (χ0n) is 12.8. The van der Waals surface area contributed by atoms with Crippen molar-refractivity contribution in [2.75, 3.05) is 65.8 Å². The zero-order valence-corrected chi connectivity index (χ0v) is 12.8. The Balaban J connectivity index is -0.000000102. The van der Waals surface area contributed by atoms with Gasteiger partial charge in [-0.2, -0.15) is 0 Å². The summed E-state index contributed by atoms with van der Waals surface area (Å²) < 4.78 is 0. The minimum Gasteiger partial charge on any atom is -0.402 e. The Labute approximate surface area is 131 Å². The molecule has 0 aliphatic rings. The van der Waals surface area contributed by atoms with E-state index in [9.17, 15) is 0 Å². The number of hydrogen-bond acceptors (Lipinski definition) is 11. The summed E-state index contributed by atoms with van der Waals surface area (Å²) in [5, 5.41) is 67.4. The molecule has 12 heteroatoms. The lowest BCUT2D eigenvalue weighted by Gasteiger charge is -1.94. The fraction of sp³-hybridized carbons (Fsp3) is 1.00. The lowest BCUT2D eigenvalue weighted by molar-refractivity contribution is 0.266. The molecule has 0 rings (SSSR count). The Bertz CT molecular complexity index is 129. The highest BCUT2D eigenvalue weighted by atomic mass is 16.5. The largest absolute Gasteiger partial charge is 0.631 e. The van der Waals surface area contributed by atoms with Crippen LogP contribution in [0.2, 0.25) is 0 Å². The van der Waals surface area contributed by atoms with Gasteiger partial charge in [-0.05, 0) is 0 Å². The van der Waals surface area contributed by atoms with Gasteiger partial charge in [0.15, 0.2) is 0 Å². The molecule has 0 unspecified atom stereocenters.